The SMILES string of the molecule is C/C(=C/Cl)CNCc1cccc([N+](=O)[O-])c1. The summed E-state index contributed by atoms with van der Waals surface area (Å²) >= 11 is 5.51. The Morgan fingerprint density at radius 2 is 2.38 bits per heavy atom. The van der Waals surface area contributed by atoms with E-state index in [0.29, 0.717) is 13.1 Å². The van der Waals surface area contributed by atoms with Gasteiger partial charge in [-0.1, -0.05) is 23.7 Å². The Bertz CT molecular complexity index is 405. The molecule has 0 saturated carbocycles. The van der Waals surface area contributed by atoms with E-state index in [1.54, 1.807) is 12.1 Å². The fourth-order valence-corrected chi connectivity index (χ4v) is 1.30. The molecular weight excluding hydrogens is 228 g/mol. The number of nitrogens with zero attached hydrogens (tertiary/aromatic N) is 1. The second kappa shape index (κ2) is 6.25. The largest absolute Gasteiger partial charge is 0.309 e. The summed E-state index contributed by atoms with van der Waals surface area (Å²) in [6, 6.07) is 6.57. The first-order valence-electron chi connectivity index (χ1n) is 4.83. The highest BCUT2D eigenvalue weighted by Crippen LogP contribution is 2.12. The van der Waals surface area contributed by atoms with Crippen LogP contribution in [0, 0.1) is 10.1 Å². The van der Waals surface area contributed by atoms with Gasteiger partial charge in [-0.25, -0.2) is 0 Å². The Hall–Kier alpha value is -1.39. The van der Waals surface area contributed by atoms with E-state index in [1.165, 1.54) is 11.6 Å². The Kier molecular flexibility index (Phi) is 4.95. The quantitative estimate of drug-likeness (QED) is 0.636. The van der Waals surface area contributed by atoms with Gasteiger partial charge in [-0.2, -0.15) is 0 Å². The van der Waals surface area contributed by atoms with E-state index in [1.807, 2.05) is 13.0 Å². The van der Waals surface area contributed by atoms with E-state index >= 15 is 0 Å². The van der Waals surface area contributed by atoms with Gasteiger partial charge < -0.3 is 5.32 Å². The minimum Gasteiger partial charge on any atom is -0.309 e. The van der Waals surface area contributed by atoms with Crippen molar-refractivity contribution in [2.24, 2.45) is 0 Å². The molecule has 0 aliphatic rings. The summed E-state index contributed by atoms with van der Waals surface area (Å²) in [6.45, 7) is 3.17. The summed E-state index contributed by atoms with van der Waals surface area (Å²) in [5, 5.41) is 13.7. The van der Waals surface area contributed by atoms with Gasteiger partial charge >= 0.3 is 0 Å². The van der Waals surface area contributed by atoms with Crippen molar-refractivity contribution in [2.75, 3.05) is 6.54 Å². The zero-order valence-corrected chi connectivity index (χ0v) is 9.70. The lowest BCUT2D eigenvalue weighted by Gasteiger charge is -2.04. The van der Waals surface area contributed by atoms with Crippen LogP contribution in [-0.4, -0.2) is 11.5 Å². The van der Waals surface area contributed by atoms with Crippen LogP contribution in [0.5, 0.6) is 0 Å². The van der Waals surface area contributed by atoms with Gasteiger partial charge in [0.05, 0.1) is 4.92 Å². The molecule has 0 unspecified atom stereocenters. The minimum atomic E-state index is -0.395. The monoisotopic (exact) mass is 240 g/mol. The summed E-state index contributed by atoms with van der Waals surface area (Å²) in [5.74, 6) is 0. The molecule has 4 nitrogen and oxygen atoms in total. The predicted molar refractivity (Wildman–Crippen MR) is 64.4 cm³/mol. The number of nitrogens with one attached hydrogen (secondary N) is 1. The minimum absolute atomic E-state index is 0.115. The number of hydrogen-bond acceptors (Lipinski definition) is 3. The molecular formula is C11H13ClN2O2. The third kappa shape index (κ3) is 4.00. The molecule has 0 fully saturated rings. The number of nitro benzene ring substituents is 1. The van der Waals surface area contributed by atoms with Gasteiger partial charge in [0.1, 0.15) is 0 Å². The van der Waals surface area contributed by atoms with Crippen molar-refractivity contribution in [3.63, 3.8) is 0 Å². The summed E-state index contributed by atoms with van der Waals surface area (Å²) < 4.78 is 0. The van der Waals surface area contributed by atoms with Gasteiger partial charge in [0.2, 0.25) is 0 Å². The van der Waals surface area contributed by atoms with Crippen LogP contribution in [-0.2, 0) is 6.54 Å². The Balaban J connectivity index is 2.54. The second-order valence-corrected chi connectivity index (χ2v) is 3.70. The zero-order valence-electron chi connectivity index (χ0n) is 8.94. The zero-order chi connectivity index (χ0) is 12.0. The summed E-state index contributed by atoms with van der Waals surface area (Å²) in [4.78, 5) is 10.1. The molecule has 0 spiro atoms. The van der Waals surface area contributed by atoms with Crippen LogP contribution in [0.2, 0.25) is 0 Å². The maximum Gasteiger partial charge on any atom is 0.269 e. The van der Waals surface area contributed by atoms with Crippen molar-refractivity contribution in [3.8, 4) is 0 Å². The van der Waals surface area contributed by atoms with E-state index in [2.05, 4.69) is 5.32 Å². The lowest BCUT2D eigenvalue weighted by molar-refractivity contribution is -0.384. The van der Waals surface area contributed by atoms with Crippen molar-refractivity contribution >= 4 is 17.3 Å². The highest BCUT2D eigenvalue weighted by atomic mass is 35.5. The molecule has 0 aliphatic heterocycles. The number of benzene rings is 1. The van der Waals surface area contributed by atoms with Crippen LogP contribution < -0.4 is 5.32 Å². The van der Waals surface area contributed by atoms with Gasteiger partial charge in [0, 0.05) is 30.8 Å². The first-order chi connectivity index (χ1) is 7.63. The van der Waals surface area contributed by atoms with E-state index in [-0.39, 0.29) is 5.69 Å². The molecule has 1 aromatic carbocycles. The first-order valence-corrected chi connectivity index (χ1v) is 5.27. The molecule has 0 bridgehead atoms. The van der Waals surface area contributed by atoms with Crippen molar-refractivity contribution in [2.45, 2.75) is 13.5 Å². The molecule has 0 saturated heterocycles. The number of halogens is 1. The van der Waals surface area contributed by atoms with Crippen LogP contribution in [0.25, 0.3) is 0 Å². The predicted octanol–water partition coefficient (Wildman–Crippen LogP) is 2.83. The molecule has 16 heavy (non-hydrogen) atoms. The molecule has 0 amide bonds. The molecule has 0 atom stereocenters. The Morgan fingerprint density at radius 3 is 3.00 bits per heavy atom. The highest BCUT2D eigenvalue weighted by molar-refractivity contribution is 6.25. The molecule has 5 heteroatoms. The smallest absolute Gasteiger partial charge is 0.269 e. The molecule has 86 valence electrons. The van der Waals surface area contributed by atoms with Crippen LogP contribution in [0.1, 0.15) is 12.5 Å². The lowest BCUT2D eigenvalue weighted by atomic mass is 10.2. The Labute approximate surface area is 99.1 Å². The number of non-ortho nitro benzene ring substituents is 1. The first kappa shape index (κ1) is 12.7. The number of nitro groups is 1. The fourth-order valence-electron chi connectivity index (χ4n) is 1.22. The fraction of sp³-hybridized carbons (Fsp3) is 0.273. The third-order valence-corrected chi connectivity index (χ3v) is 2.41. The normalized spacial score (nSPS) is 11.5. The summed E-state index contributed by atoms with van der Waals surface area (Å²) in [5.41, 5.74) is 3.54. The van der Waals surface area contributed by atoms with Crippen molar-refractivity contribution in [1.82, 2.24) is 5.32 Å². The van der Waals surface area contributed by atoms with E-state index < -0.39 is 4.92 Å². The lowest BCUT2D eigenvalue weighted by Crippen LogP contribution is -2.15. The molecule has 0 heterocycles. The van der Waals surface area contributed by atoms with Gasteiger partial charge in [-0.05, 0) is 18.1 Å². The summed E-state index contributed by atoms with van der Waals surface area (Å²) in [7, 11) is 0. The topological polar surface area (TPSA) is 55.2 Å². The number of rotatable bonds is 5. The van der Waals surface area contributed by atoms with Gasteiger partial charge in [-0.3, -0.25) is 10.1 Å². The van der Waals surface area contributed by atoms with E-state index in [0.717, 1.165) is 11.1 Å². The maximum absolute atomic E-state index is 10.5. The maximum atomic E-state index is 10.5. The van der Waals surface area contributed by atoms with Crippen LogP contribution in [0.15, 0.2) is 35.4 Å². The molecule has 0 aromatic heterocycles. The van der Waals surface area contributed by atoms with Crippen LogP contribution >= 0.6 is 11.6 Å². The van der Waals surface area contributed by atoms with Crippen molar-refractivity contribution in [3.05, 3.63) is 51.1 Å². The van der Waals surface area contributed by atoms with Crippen LogP contribution in [0.4, 0.5) is 5.69 Å². The second-order valence-electron chi connectivity index (χ2n) is 3.49. The van der Waals surface area contributed by atoms with Crippen LogP contribution in [0.3, 0.4) is 0 Å². The highest BCUT2D eigenvalue weighted by Gasteiger charge is 2.04. The van der Waals surface area contributed by atoms with Gasteiger partial charge in [0.15, 0.2) is 0 Å². The van der Waals surface area contributed by atoms with E-state index in [4.69, 9.17) is 11.6 Å². The van der Waals surface area contributed by atoms with Crippen molar-refractivity contribution in [1.29, 1.82) is 0 Å². The van der Waals surface area contributed by atoms with Gasteiger partial charge in [0.25, 0.3) is 5.69 Å². The number of hydrogen-bond donors (Lipinski definition) is 1. The molecule has 0 radical (unpaired) electrons. The average molecular weight is 241 g/mol. The molecule has 1 rings (SSSR count). The third-order valence-electron chi connectivity index (χ3n) is 2.04. The van der Waals surface area contributed by atoms with Gasteiger partial charge in [-0.15, -0.1) is 0 Å². The molecule has 1 aromatic rings. The molecule has 0 aliphatic carbocycles. The molecule has 1 N–H and O–H groups in total. The summed E-state index contributed by atoms with van der Waals surface area (Å²) in [6.07, 6.45) is 0. The average Bonchev–Trinajstić information content (AvgIpc) is 2.29. The van der Waals surface area contributed by atoms with Crippen molar-refractivity contribution < 1.29 is 4.92 Å². The van der Waals surface area contributed by atoms with E-state index in [9.17, 15) is 10.1 Å². The standard InChI is InChI=1S/C11H13ClN2O2/c1-9(6-12)7-13-8-10-3-2-4-11(5-10)14(15)16/h2-6,13H,7-8H2,1H3/b9-6-. The Morgan fingerprint density at radius 1 is 1.62 bits per heavy atom.